The summed E-state index contributed by atoms with van der Waals surface area (Å²) in [6.45, 7) is 1.35. The van der Waals surface area contributed by atoms with Crippen LogP contribution in [0.25, 0.3) is 0 Å². The van der Waals surface area contributed by atoms with Crippen molar-refractivity contribution in [2.75, 3.05) is 5.75 Å². The number of carboxylic acids is 1. The number of carbonyl (C=O) groups excluding carboxylic acids is 1. The second kappa shape index (κ2) is 7.04. The molecule has 0 unspecified atom stereocenters. The first kappa shape index (κ1) is 16.9. The normalized spacial score (nSPS) is 10.5. The maximum Gasteiger partial charge on any atom is 0.573 e. The van der Waals surface area contributed by atoms with Crippen molar-refractivity contribution in [3.8, 4) is 17.6 Å². The molecule has 0 amide bonds. The average molecular weight is 318 g/mol. The van der Waals surface area contributed by atoms with Crippen LogP contribution >= 0.6 is 11.8 Å². The summed E-state index contributed by atoms with van der Waals surface area (Å²) in [6, 6.07) is 2.85. The third-order valence-electron chi connectivity index (χ3n) is 1.97. The van der Waals surface area contributed by atoms with E-state index >= 15 is 0 Å². The quantitative estimate of drug-likeness (QED) is 0.868. The highest BCUT2D eigenvalue weighted by atomic mass is 32.2. The molecule has 0 aliphatic heterocycles. The molecule has 8 heteroatoms. The summed E-state index contributed by atoms with van der Waals surface area (Å²) in [4.78, 5) is 21.5. The van der Waals surface area contributed by atoms with E-state index in [4.69, 9.17) is 5.11 Å². The molecule has 1 aromatic rings. The highest BCUT2D eigenvalue weighted by Gasteiger charge is 2.31. The third kappa shape index (κ3) is 6.72. The van der Waals surface area contributed by atoms with Crippen molar-refractivity contribution in [2.24, 2.45) is 0 Å². The number of hydrogen-bond donors (Lipinski definition) is 1. The number of hydrogen-bond acceptors (Lipinski definition) is 4. The molecule has 112 valence electrons. The summed E-state index contributed by atoms with van der Waals surface area (Å²) in [5.41, 5.74) is -0.321. The van der Waals surface area contributed by atoms with Crippen LogP contribution in [0.2, 0.25) is 0 Å². The fraction of sp³-hybridized carbons (Fsp3) is 0.231. The van der Waals surface area contributed by atoms with Gasteiger partial charge < -0.3 is 9.84 Å². The number of benzene rings is 1. The molecule has 0 heterocycles. The van der Waals surface area contributed by atoms with E-state index in [1.807, 2.05) is 0 Å². The number of carboxylic acid groups (broad SMARTS) is 1. The zero-order chi connectivity index (χ0) is 16.0. The summed E-state index contributed by atoms with van der Waals surface area (Å²) in [5.74, 6) is 3.13. The topological polar surface area (TPSA) is 63.6 Å². The third-order valence-corrected chi connectivity index (χ3v) is 2.66. The first-order valence-corrected chi connectivity index (χ1v) is 6.42. The molecule has 0 radical (unpaired) electrons. The summed E-state index contributed by atoms with van der Waals surface area (Å²) in [6.07, 6.45) is -4.92. The SMILES string of the molecule is CC(=O)SCC#Cc1cc(OC(F)(F)F)cc(C(=O)O)c1. The van der Waals surface area contributed by atoms with Gasteiger partial charge in [-0.15, -0.1) is 13.2 Å². The minimum absolute atomic E-state index is 0.0540. The van der Waals surface area contributed by atoms with Gasteiger partial charge in [-0.1, -0.05) is 23.6 Å². The monoisotopic (exact) mass is 318 g/mol. The predicted molar refractivity (Wildman–Crippen MR) is 70.1 cm³/mol. The van der Waals surface area contributed by atoms with Crippen LogP contribution in [0.1, 0.15) is 22.8 Å². The molecule has 21 heavy (non-hydrogen) atoms. The fourth-order valence-corrected chi connectivity index (χ4v) is 1.61. The van der Waals surface area contributed by atoms with Crippen molar-refractivity contribution >= 4 is 22.8 Å². The number of thioether (sulfide) groups is 1. The highest BCUT2D eigenvalue weighted by molar-refractivity contribution is 8.13. The fourth-order valence-electron chi connectivity index (χ4n) is 1.26. The highest BCUT2D eigenvalue weighted by Crippen LogP contribution is 2.25. The van der Waals surface area contributed by atoms with Crippen LogP contribution in [0.5, 0.6) is 5.75 Å². The van der Waals surface area contributed by atoms with Gasteiger partial charge in [0.05, 0.1) is 11.3 Å². The van der Waals surface area contributed by atoms with E-state index in [1.165, 1.54) is 6.92 Å². The van der Waals surface area contributed by atoms with Gasteiger partial charge in [-0.3, -0.25) is 4.79 Å². The standard InChI is InChI=1S/C13H9F3O4S/c1-8(17)21-4-2-3-9-5-10(12(18)19)7-11(6-9)20-13(14,15)16/h5-7H,4H2,1H3,(H,18,19). The van der Waals surface area contributed by atoms with Gasteiger partial charge in [0.25, 0.3) is 0 Å². The van der Waals surface area contributed by atoms with Gasteiger partial charge in [-0.2, -0.15) is 0 Å². The molecular formula is C13H9F3O4S. The number of carbonyl (C=O) groups is 2. The van der Waals surface area contributed by atoms with Crippen molar-refractivity contribution < 1.29 is 32.6 Å². The van der Waals surface area contributed by atoms with Crippen LogP contribution in [0.15, 0.2) is 18.2 Å². The van der Waals surface area contributed by atoms with E-state index in [0.29, 0.717) is 0 Å². The molecule has 0 atom stereocenters. The molecule has 0 bridgehead atoms. The lowest BCUT2D eigenvalue weighted by molar-refractivity contribution is -0.274. The Hall–Kier alpha value is -2.14. The van der Waals surface area contributed by atoms with Gasteiger partial charge in [0.2, 0.25) is 0 Å². The van der Waals surface area contributed by atoms with Crippen molar-refractivity contribution in [3.05, 3.63) is 29.3 Å². The average Bonchev–Trinajstić information content (AvgIpc) is 2.32. The summed E-state index contributed by atoms with van der Waals surface area (Å²) in [5, 5.41) is 8.69. The van der Waals surface area contributed by atoms with Crippen LogP contribution in [0.4, 0.5) is 13.2 Å². The minimum Gasteiger partial charge on any atom is -0.478 e. The molecule has 0 aliphatic carbocycles. The summed E-state index contributed by atoms with van der Waals surface area (Å²) < 4.78 is 40.2. The molecule has 1 N–H and O–H groups in total. The number of ether oxygens (including phenoxy) is 1. The molecule has 1 rings (SSSR count). The second-order valence-electron chi connectivity index (χ2n) is 3.68. The number of alkyl halides is 3. The Morgan fingerprint density at radius 3 is 2.52 bits per heavy atom. The molecule has 0 saturated carbocycles. The van der Waals surface area contributed by atoms with Crippen LogP contribution < -0.4 is 4.74 Å². The maximum absolute atomic E-state index is 12.2. The number of aromatic carboxylic acids is 1. The molecule has 0 spiro atoms. The Morgan fingerprint density at radius 2 is 2.00 bits per heavy atom. The Kier molecular flexibility index (Phi) is 5.67. The first-order chi connectivity index (χ1) is 9.67. The summed E-state index contributed by atoms with van der Waals surface area (Å²) >= 11 is 0.935. The first-order valence-electron chi connectivity index (χ1n) is 5.44. The van der Waals surface area contributed by atoms with Gasteiger partial charge in [-0.25, -0.2) is 4.79 Å². The largest absolute Gasteiger partial charge is 0.573 e. The number of rotatable bonds is 3. The van der Waals surface area contributed by atoms with Crippen LogP contribution in [-0.2, 0) is 4.79 Å². The van der Waals surface area contributed by atoms with E-state index < -0.39 is 18.1 Å². The van der Waals surface area contributed by atoms with Crippen molar-refractivity contribution in [1.82, 2.24) is 0 Å². The number of halogens is 3. The van der Waals surface area contributed by atoms with E-state index in [9.17, 15) is 22.8 Å². The molecule has 1 aromatic carbocycles. The molecule has 0 aliphatic rings. The van der Waals surface area contributed by atoms with Crippen LogP contribution in [0.3, 0.4) is 0 Å². The molecule has 0 saturated heterocycles. The van der Waals surface area contributed by atoms with Crippen molar-refractivity contribution in [2.45, 2.75) is 13.3 Å². The Morgan fingerprint density at radius 1 is 1.33 bits per heavy atom. The molecule has 0 fully saturated rings. The smallest absolute Gasteiger partial charge is 0.478 e. The molecule has 4 nitrogen and oxygen atoms in total. The van der Waals surface area contributed by atoms with Gasteiger partial charge in [-0.05, 0) is 18.2 Å². The molecule has 0 aromatic heterocycles. The Balaban J connectivity index is 3.02. The zero-order valence-corrected chi connectivity index (χ0v) is 11.5. The van der Waals surface area contributed by atoms with E-state index in [-0.39, 0.29) is 22.0 Å². The van der Waals surface area contributed by atoms with Gasteiger partial charge in [0.15, 0.2) is 5.12 Å². The van der Waals surface area contributed by atoms with Gasteiger partial charge >= 0.3 is 12.3 Å². The molecular weight excluding hydrogens is 309 g/mol. The van der Waals surface area contributed by atoms with Crippen molar-refractivity contribution in [3.63, 3.8) is 0 Å². The van der Waals surface area contributed by atoms with E-state index in [0.717, 1.165) is 30.0 Å². The van der Waals surface area contributed by atoms with Gasteiger partial charge in [0, 0.05) is 12.5 Å². The Labute approximate surface area is 122 Å². The van der Waals surface area contributed by atoms with E-state index in [2.05, 4.69) is 16.6 Å². The maximum atomic E-state index is 12.2. The van der Waals surface area contributed by atoms with Crippen LogP contribution in [-0.4, -0.2) is 28.3 Å². The lowest BCUT2D eigenvalue weighted by Gasteiger charge is -2.09. The van der Waals surface area contributed by atoms with Crippen molar-refractivity contribution in [1.29, 1.82) is 0 Å². The second-order valence-corrected chi connectivity index (χ2v) is 4.83. The van der Waals surface area contributed by atoms with Crippen LogP contribution in [0, 0.1) is 11.8 Å². The predicted octanol–water partition coefficient (Wildman–Crippen LogP) is 2.91. The minimum atomic E-state index is -4.92. The summed E-state index contributed by atoms with van der Waals surface area (Å²) in [7, 11) is 0. The lowest BCUT2D eigenvalue weighted by Crippen LogP contribution is -2.17. The lowest BCUT2D eigenvalue weighted by atomic mass is 10.1. The Bertz CT molecular complexity index is 614. The van der Waals surface area contributed by atoms with E-state index in [1.54, 1.807) is 0 Å². The van der Waals surface area contributed by atoms with Gasteiger partial charge in [0.1, 0.15) is 5.75 Å². The zero-order valence-electron chi connectivity index (χ0n) is 10.7.